The molecule has 0 aliphatic rings. The molecule has 1 amide bonds. The minimum atomic E-state index is -0.352. The Morgan fingerprint density at radius 1 is 1.35 bits per heavy atom. The fourth-order valence-electron chi connectivity index (χ4n) is 1.65. The van der Waals surface area contributed by atoms with E-state index in [0.717, 1.165) is 5.69 Å². The van der Waals surface area contributed by atoms with E-state index in [1.54, 1.807) is 25.4 Å². The zero-order valence-electron chi connectivity index (χ0n) is 12.0. The first-order valence-electron chi connectivity index (χ1n) is 6.31. The summed E-state index contributed by atoms with van der Waals surface area (Å²) >= 11 is 0. The van der Waals surface area contributed by atoms with Gasteiger partial charge in [-0.15, -0.1) is 0 Å². The summed E-state index contributed by atoms with van der Waals surface area (Å²) in [5.41, 5.74) is 0.943. The maximum absolute atomic E-state index is 12.0. The molecule has 0 fully saturated rings. The predicted octanol–water partition coefficient (Wildman–Crippen LogP) is 1.66. The van der Waals surface area contributed by atoms with Gasteiger partial charge in [-0.3, -0.25) is 14.7 Å². The number of hydrogen-bond acceptors (Lipinski definition) is 3. The van der Waals surface area contributed by atoms with Crippen molar-refractivity contribution in [3.8, 4) is 0 Å². The van der Waals surface area contributed by atoms with Crippen molar-refractivity contribution in [1.29, 1.82) is 0 Å². The monoisotopic (exact) mass is 274 g/mol. The van der Waals surface area contributed by atoms with Crippen molar-refractivity contribution < 1.29 is 4.79 Å². The lowest BCUT2D eigenvalue weighted by molar-refractivity contribution is 0.102. The minimum absolute atomic E-state index is 0.0708. The van der Waals surface area contributed by atoms with Gasteiger partial charge in [0.25, 0.3) is 11.5 Å². The number of pyridine rings is 1. The number of aromatic nitrogens is 3. The Balaban J connectivity index is 2.17. The van der Waals surface area contributed by atoms with E-state index in [0.29, 0.717) is 11.4 Å². The van der Waals surface area contributed by atoms with E-state index in [1.807, 2.05) is 20.8 Å². The molecule has 2 aromatic heterocycles. The van der Waals surface area contributed by atoms with E-state index < -0.39 is 0 Å². The maximum atomic E-state index is 12.0. The van der Waals surface area contributed by atoms with Crippen LogP contribution in [0.15, 0.2) is 29.2 Å². The van der Waals surface area contributed by atoms with Gasteiger partial charge in [-0.25, -0.2) is 0 Å². The van der Waals surface area contributed by atoms with Gasteiger partial charge in [-0.05, 0) is 6.07 Å². The zero-order chi connectivity index (χ0) is 14.9. The molecule has 0 saturated carbocycles. The minimum Gasteiger partial charge on any atom is -0.319 e. The van der Waals surface area contributed by atoms with Gasteiger partial charge in [0.1, 0.15) is 0 Å². The van der Waals surface area contributed by atoms with Crippen LogP contribution in [0.3, 0.4) is 0 Å². The van der Waals surface area contributed by atoms with E-state index >= 15 is 0 Å². The van der Waals surface area contributed by atoms with Crippen molar-refractivity contribution in [2.75, 3.05) is 5.32 Å². The number of amides is 1. The summed E-state index contributed by atoms with van der Waals surface area (Å²) in [7, 11) is 1.63. The fourth-order valence-corrected chi connectivity index (χ4v) is 1.65. The summed E-state index contributed by atoms with van der Waals surface area (Å²) in [5, 5.41) is 9.61. The number of carbonyl (C=O) groups excluding carboxylic acids is 1. The largest absolute Gasteiger partial charge is 0.319 e. The molecule has 0 aromatic carbocycles. The van der Waals surface area contributed by atoms with Crippen LogP contribution in [-0.4, -0.2) is 20.7 Å². The number of nitrogens with one attached hydrogen (secondary N) is 2. The van der Waals surface area contributed by atoms with Gasteiger partial charge in [0.15, 0.2) is 5.82 Å². The van der Waals surface area contributed by atoms with Crippen molar-refractivity contribution in [1.82, 2.24) is 14.8 Å². The first-order valence-corrected chi connectivity index (χ1v) is 6.31. The Kier molecular flexibility index (Phi) is 3.48. The van der Waals surface area contributed by atoms with Crippen molar-refractivity contribution >= 4 is 11.7 Å². The third kappa shape index (κ3) is 2.96. The molecule has 0 bridgehead atoms. The summed E-state index contributed by atoms with van der Waals surface area (Å²) in [4.78, 5) is 23.5. The van der Waals surface area contributed by atoms with Gasteiger partial charge >= 0.3 is 0 Å². The molecule has 0 saturated heterocycles. The lowest BCUT2D eigenvalue weighted by atomic mass is 9.92. The van der Waals surface area contributed by atoms with Crippen molar-refractivity contribution in [3.05, 3.63) is 46.0 Å². The van der Waals surface area contributed by atoms with Crippen LogP contribution in [0.1, 0.15) is 36.8 Å². The van der Waals surface area contributed by atoms with Crippen LogP contribution in [0, 0.1) is 0 Å². The molecule has 0 aliphatic carbocycles. The molecule has 0 aliphatic heterocycles. The molecule has 0 spiro atoms. The Labute approximate surface area is 116 Å². The number of aromatic amines is 1. The number of anilines is 1. The van der Waals surface area contributed by atoms with Gasteiger partial charge in [0, 0.05) is 42.0 Å². The molecular formula is C14H18N4O2. The average molecular weight is 274 g/mol. The van der Waals surface area contributed by atoms with Gasteiger partial charge < -0.3 is 9.88 Å². The summed E-state index contributed by atoms with van der Waals surface area (Å²) in [5.74, 6) is 0.0928. The quantitative estimate of drug-likeness (QED) is 0.874. The second kappa shape index (κ2) is 4.96. The maximum Gasteiger partial charge on any atom is 0.257 e. The highest BCUT2D eigenvalue weighted by Gasteiger charge is 2.17. The lowest BCUT2D eigenvalue weighted by Gasteiger charge is -2.14. The molecule has 0 unspecified atom stereocenters. The summed E-state index contributed by atoms with van der Waals surface area (Å²) < 4.78 is 1.41. The molecule has 0 radical (unpaired) electrons. The molecule has 2 N–H and O–H groups in total. The molecule has 0 atom stereocenters. The molecule has 2 rings (SSSR count). The van der Waals surface area contributed by atoms with Gasteiger partial charge in [0.05, 0.1) is 0 Å². The summed E-state index contributed by atoms with van der Waals surface area (Å²) in [6.45, 7) is 6.15. The lowest BCUT2D eigenvalue weighted by Crippen LogP contribution is -2.20. The van der Waals surface area contributed by atoms with Crippen LogP contribution in [0.2, 0.25) is 0 Å². The van der Waals surface area contributed by atoms with E-state index in [-0.39, 0.29) is 16.9 Å². The van der Waals surface area contributed by atoms with Gasteiger partial charge in [-0.2, -0.15) is 5.10 Å². The highest BCUT2D eigenvalue weighted by Crippen LogP contribution is 2.22. The molecule has 106 valence electrons. The van der Waals surface area contributed by atoms with Crippen molar-refractivity contribution in [3.63, 3.8) is 0 Å². The Bertz CT molecular complexity index is 692. The number of carbonyl (C=O) groups is 1. The first-order chi connectivity index (χ1) is 9.27. The standard InChI is InChI=1S/C14H18N4O2/c1-14(2,3)10-8-11(17-16-10)15-13(20)9-5-6-18(4)12(19)7-9/h5-8H,1-4H3,(H2,15,16,17,20). The van der Waals surface area contributed by atoms with Crippen molar-refractivity contribution in [2.24, 2.45) is 7.05 Å². The highest BCUT2D eigenvalue weighted by molar-refractivity contribution is 6.03. The number of hydrogen-bond donors (Lipinski definition) is 2. The Morgan fingerprint density at radius 3 is 2.60 bits per heavy atom. The van der Waals surface area contributed by atoms with Crippen LogP contribution in [0.25, 0.3) is 0 Å². The Morgan fingerprint density at radius 2 is 2.05 bits per heavy atom. The molecule has 2 aromatic rings. The van der Waals surface area contributed by atoms with Crippen LogP contribution >= 0.6 is 0 Å². The number of aryl methyl sites for hydroxylation is 1. The smallest absolute Gasteiger partial charge is 0.257 e. The molecule has 2 heterocycles. The summed E-state index contributed by atoms with van der Waals surface area (Å²) in [6.07, 6.45) is 1.56. The van der Waals surface area contributed by atoms with Crippen LogP contribution in [0.4, 0.5) is 5.82 Å². The van der Waals surface area contributed by atoms with E-state index in [9.17, 15) is 9.59 Å². The number of rotatable bonds is 2. The average Bonchev–Trinajstić information content (AvgIpc) is 2.81. The van der Waals surface area contributed by atoms with Crippen LogP contribution in [-0.2, 0) is 12.5 Å². The van der Waals surface area contributed by atoms with Gasteiger partial charge in [0.2, 0.25) is 0 Å². The zero-order valence-corrected chi connectivity index (χ0v) is 12.0. The third-order valence-electron chi connectivity index (χ3n) is 2.99. The molecule has 20 heavy (non-hydrogen) atoms. The number of nitrogens with zero attached hydrogens (tertiary/aromatic N) is 2. The third-order valence-corrected chi connectivity index (χ3v) is 2.99. The predicted molar refractivity (Wildman–Crippen MR) is 76.9 cm³/mol. The number of H-pyrrole nitrogens is 1. The fraction of sp³-hybridized carbons (Fsp3) is 0.357. The normalized spacial score (nSPS) is 11.4. The second-order valence-electron chi connectivity index (χ2n) is 5.74. The van der Waals surface area contributed by atoms with E-state index in [4.69, 9.17) is 0 Å². The second-order valence-corrected chi connectivity index (χ2v) is 5.74. The van der Waals surface area contributed by atoms with Crippen LogP contribution in [0.5, 0.6) is 0 Å². The van der Waals surface area contributed by atoms with Gasteiger partial charge in [-0.1, -0.05) is 20.8 Å². The van der Waals surface area contributed by atoms with Crippen LogP contribution < -0.4 is 10.9 Å². The first kappa shape index (κ1) is 14.0. The Hall–Kier alpha value is -2.37. The summed E-state index contributed by atoms with van der Waals surface area (Å²) in [6, 6.07) is 4.68. The molecule has 6 heteroatoms. The van der Waals surface area contributed by atoms with E-state index in [2.05, 4.69) is 15.5 Å². The molecule has 6 nitrogen and oxygen atoms in total. The van der Waals surface area contributed by atoms with Crippen molar-refractivity contribution in [2.45, 2.75) is 26.2 Å². The molecular weight excluding hydrogens is 256 g/mol. The highest BCUT2D eigenvalue weighted by atomic mass is 16.2. The van der Waals surface area contributed by atoms with E-state index in [1.165, 1.54) is 10.6 Å². The SMILES string of the molecule is Cn1ccc(C(=O)Nc2cc(C(C)(C)C)[nH]n2)cc1=O. The topological polar surface area (TPSA) is 79.8 Å².